The van der Waals surface area contributed by atoms with Crippen molar-refractivity contribution in [2.24, 2.45) is 0 Å². The van der Waals surface area contributed by atoms with Crippen LogP contribution in [0, 0.1) is 0 Å². The van der Waals surface area contributed by atoms with Crippen molar-refractivity contribution in [3.63, 3.8) is 0 Å². The molecule has 3 aromatic rings. The number of hydrogen-bond acceptors (Lipinski definition) is 3. The number of ketones is 1. The summed E-state index contributed by atoms with van der Waals surface area (Å²) in [6.45, 7) is 8.11. The number of carbonyl (C=O) groups is 1. The van der Waals surface area contributed by atoms with Gasteiger partial charge in [0.05, 0.1) is 6.54 Å². The molecule has 0 amide bonds. The molecule has 3 nitrogen and oxygen atoms in total. The minimum Gasteiger partial charge on any atom is -0.372 e. The molecule has 0 aromatic heterocycles. The number of rotatable bonds is 10. The van der Waals surface area contributed by atoms with Crippen LogP contribution in [-0.4, -0.2) is 30.3 Å². The molecule has 164 valence electrons. The van der Waals surface area contributed by atoms with Gasteiger partial charge in [0.2, 0.25) is 0 Å². The third kappa shape index (κ3) is 7.39. The predicted molar refractivity (Wildman–Crippen MR) is 134 cm³/mol. The maximum Gasteiger partial charge on any atom is 0.176 e. The molecule has 0 spiro atoms. The maximum atomic E-state index is 12.9. The summed E-state index contributed by atoms with van der Waals surface area (Å²) < 4.78 is 0. The summed E-state index contributed by atoms with van der Waals surface area (Å²) in [4.78, 5) is 17.4. The molecule has 0 aliphatic carbocycles. The summed E-state index contributed by atoms with van der Waals surface area (Å²) in [5, 5.41) is 0.640. The molecule has 5 heteroatoms. The second-order valence-corrected chi connectivity index (χ2v) is 7.84. The fourth-order valence-electron chi connectivity index (χ4n) is 3.60. The number of Topliss-reactive ketones (excluding diaryl/α,β-unsaturated/α-hetero) is 1. The molecule has 0 heterocycles. The Bertz CT molecular complexity index is 924. The van der Waals surface area contributed by atoms with E-state index in [0.717, 1.165) is 19.6 Å². The molecule has 0 unspecified atom stereocenters. The number of halogens is 2. The monoisotopic (exact) mass is 456 g/mol. The van der Waals surface area contributed by atoms with E-state index in [0.29, 0.717) is 23.7 Å². The normalized spacial score (nSPS) is 10.6. The van der Waals surface area contributed by atoms with Crippen molar-refractivity contribution in [2.45, 2.75) is 26.9 Å². The van der Waals surface area contributed by atoms with Crippen LogP contribution in [0.15, 0.2) is 78.9 Å². The van der Waals surface area contributed by atoms with Gasteiger partial charge in [0.25, 0.3) is 0 Å². The second kappa shape index (κ2) is 12.5. The van der Waals surface area contributed by atoms with Gasteiger partial charge in [0.15, 0.2) is 5.78 Å². The predicted octanol–water partition coefficient (Wildman–Crippen LogP) is 6.49. The molecule has 0 saturated carbocycles. The van der Waals surface area contributed by atoms with Crippen LogP contribution in [0.4, 0.5) is 5.69 Å². The fourth-order valence-corrected chi connectivity index (χ4v) is 3.72. The van der Waals surface area contributed by atoms with E-state index in [9.17, 15) is 4.79 Å². The first-order valence-electron chi connectivity index (χ1n) is 10.5. The molecule has 0 saturated heterocycles. The summed E-state index contributed by atoms with van der Waals surface area (Å²) in [6.07, 6.45) is 0. The molecule has 0 radical (unpaired) electrons. The van der Waals surface area contributed by atoms with E-state index >= 15 is 0 Å². The minimum atomic E-state index is 0. The van der Waals surface area contributed by atoms with Crippen molar-refractivity contribution < 1.29 is 4.79 Å². The first-order chi connectivity index (χ1) is 14.6. The number of nitrogens with zero attached hydrogens (tertiary/aromatic N) is 2. The highest BCUT2D eigenvalue weighted by Crippen LogP contribution is 2.18. The van der Waals surface area contributed by atoms with E-state index in [-0.39, 0.29) is 18.2 Å². The Hall–Kier alpha value is -2.33. The van der Waals surface area contributed by atoms with Crippen LogP contribution in [0.5, 0.6) is 0 Å². The Kier molecular flexibility index (Phi) is 10.1. The lowest BCUT2D eigenvalue weighted by atomic mass is 10.1. The molecular formula is C26H30Cl2N2O. The summed E-state index contributed by atoms with van der Waals surface area (Å²) >= 11 is 5.97. The minimum absolute atomic E-state index is 0. The highest BCUT2D eigenvalue weighted by molar-refractivity contribution is 6.30. The highest BCUT2D eigenvalue weighted by atomic mass is 35.5. The van der Waals surface area contributed by atoms with Gasteiger partial charge in [-0.1, -0.05) is 54.1 Å². The van der Waals surface area contributed by atoms with Gasteiger partial charge in [-0.25, -0.2) is 0 Å². The van der Waals surface area contributed by atoms with Crippen molar-refractivity contribution in [3.05, 3.63) is 101 Å². The van der Waals surface area contributed by atoms with Gasteiger partial charge in [-0.3, -0.25) is 9.69 Å². The topological polar surface area (TPSA) is 23.6 Å². The van der Waals surface area contributed by atoms with Crippen molar-refractivity contribution in [1.82, 2.24) is 4.90 Å². The molecule has 0 atom stereocenters. The Balaban J connectivity index is 0.00000341. The van der Waals surface area contributed by atoms with Gasteiger partial charge in [-0.15, -0.1) is 12.4 Å². The first kappa shape index (κ1) is 24.9. The third-order valence-electron chi connectivity index (χ3n) is 5.25. The molecule has 31 heavy (non-hydrogen) atoms. The molecule has 0 bridgehead atoms. The largest absolute Gasteiger partial charge is 0.372 e. The quantitative estimate of drug-likeness (QED) is 0.325. The van der Waals surface area contributed by atoms with Crippen LogP contribution in [0.3, 0.4) is 0 Å². The van der Waals surface area contributed by atoms with E-state index in [4.69, 9.17) is 11.6 Å². The zero-order chi connectivity index (χ0) is 21.3. The zero-order valence-electron chi connectivity index (χ0n) is 18.1. The molecule has 3 aromatic carbocycles. The number of anilines is 1. The Morgan fingerprint density at radius 1 is 0.774 bits per heavy atom. The van der Waals surface area contributed by atoms with Crippen LogP contribution in [0.1, 0.15) is 35.3 Å². The van der Waals surface area contributed by atoms with Gasteiger partial charge in [0.1, 0.15) is 0 Å². The SMILES string of the molecule is CCN(CC)c1ccc(CN(CC(=O)c2ccc(Cl)cc2)Cc2ccccc2)cc1.Cl. The van der Waals surface area contributed by atoms with E-state index in [1.807, 2.05) is 18.2 Å². The molecular weight excluding hydrogens is 427 g/mol. The fraction of sp³-hybridized carbons (Fsp3) is 0.269. The molecule has 0 fully saturated rings. The van der Waals surface area contributed by atoms with Crippen molar-refractivity contribution in [2.75, 3.05) is 24.5 Å². The smallest absolute Gasteiger partial charge is 0.176 e. The van der Waals surface area contributed by atoms with E-state index in [1.165, 1.54) is 16.8 Å². The standard InChI is InChI=1S/C26H29ClN2O.ClH/c1-3-29(4-2)25-16-10-22(11-17-25)19-28(18-21-8-6-5-7-9-21)20-26(30)23-12-14-24(27)15-13-23;/h5-17H,3-4,18-20H2,1-2H3;1H. The average molecular weight is 457 g/mol. The van der Waals surface area contributed by atoms with E-state index in [2.05, 4.69) is 60.0 Å². The second-order valence-electron chi connectivity index (χ2n) is 7.40. The maximum absolute atomic E-state index is 12.9. The van der Waals surface area contributed by atoms with Gasteiger partial charge in [0, 0.05) is 42.5 Å². The van der Waals surface area contributed by atoms with Crippen LogP contribution < -0.4 is 4.90 Å². The number of benzene rings is 3. The summed E-state index contributed by atoms with van der Waals surface area (Å²) in [5.74, 6) is 0.0994. The van der Waals surface area contributed by atoms with E-state index < -0.39 is 0 Å². The number of carbonyl (C=O) groups excluding carboxylic acids is 1. The summed E-state index contributed by atoms with van der Waals surface area (Å²) in [7, 11) is 0. The van der Waals surface area contributed by atoms with Crippen molar-refractivity contribution in [1.29, 1.82) is 0 Å². The zero-order valence-corrected chi connectivity index (χ0v) is 19.7. The number of hydrogen-bond donors (Lipinski definition) is 0. The molecule has 0 N–H and O–H groups in total. The Labute approximate surface area is 197 Å². The highest BCUT2D eigenvalue weighted by Gasteiger charge is 2.14. The lowest BCUT2D eigenvalue weighted by molar-refractivity contribution is 0.0920. The summed E-state index contributed by atoms with van der Waals surface area (Å²) in [5.41, 5.74) is 4.32. The third-order valence-corrected chi connectivity index (χ3v) is 5.51. The van der Waals surface area contributed by atoms with E-state index in [1.54, 1.807) is 24.3 Å². The lowest BCUT2D eigenvalue weighted by Crippen LogP contribution is -2.29. The Morgan fingerprint density at radius 3 is 1.87 bits per heavy atom. The lowest BCUT2D eigenvalue weighted by Gasteiger charge is -2.24. The van der Waals surface area contributed by atoms with Crippen LogP contribution in [0.2, 0.25) is 5.02 Å². The van der Waals surface area contributed by atoms with Crippen molar-refractivity contribution in [3.8, 4) is 0 Å². The Morgan fingerprint density at radius 2 is 1.32 bits per heavy atom. The molecule has 0 aliphatic rings. The van der Waals surface area contributed by atoms with Crippen molar-refractivity contribution >= 4 is 35.5 Å². The average Bonchev–Trinajstić information content (AvgIpc) is 2.77. The van der Waals surface area contributed by atoms with Gasteiger partial charge in [-0.2, -0.15) is 0 Å². The first-order valence-corrected chi connectivity index (χ1v) is 10.9. The molecule has 3 rings (SSSR count). The van der Waals surface area contributed by atoms with Crippen LogP contribution in [0.25, 0.3) is 0 Å². The van der Waals surface area contributed by atoms with Gasteiger partial charge >= 0.3 is 0 Å². The van der Waals surface area contributed by atoms with Crippen LogP contribution in [-0.2, 0) is 13.1 Å². The van der Waals surface area contributed by atoms with Gasteiger partial charge < -0.3 is 4.90 Å². The summed E-state index contributed by atoms with van der Waals surface area (Å²) in [6, 6.07) is 26.1. The molecule has 0 aliphatic heterocycles. The van der Waals surface area contributed by atoms with Gasteiger partial charge in [-0.05, 0) is 61.4 Å². The van der Waals surface area contributed by atoms with Crippen LogP contribution >= 0.6 is 24.0 Å².